The van der Waals surface area contributed by atoms with Crippen LogP contribution in [0.1, 0.15) is 10.4 Å². The van der Waals surface area contributed by atoms with Gasteiger partial charge in [-0.15, -0.1) is 5.73 Å². The van der Waals surface area contributed by atoms with E-state index in [0.29, 0.717) is 27.2 Å². The van der Waals surface area contributed by atoms with Gasteiger partial charge >= 0.3 is 0 Å². The Balaban J connectivity index is 2.02. The minimum atomic E-state index is -3.17. The van der Waals surface area contributed by atoms with Gasteiger partial charge in [-0.3, -0.25) is 4.79 Å². The molecule has 0 bridgehead atoms. The second kappa shape index (κ2) is 8.51. The molecule has 0 atom stereocenters. The highest BCUT2D eigenvalue weighted by Gasteiger charge is 2.32. The van der Waals surface area contributed by atoms with Gasteiger partial charge in [-0.2, -0.15) is 0 Å². The van der Waals surface area contributed by atoms with Crippen LogP contribution in [0.4, 0.5) is 0 Å². The Morgan fingerprint density at radius 3 is 1.93 bits per heavy atom. The Morgan fingerprint density at radius 1 is 0.889 bits per heavy atom. The van der Waals surface area contributed by atoms with Crippen molar-refractivity contribution in [3.63, 3.8) is 0 Å². The van der Waals surface area contributed by atoms with Crippen LogP contribution in [0.3, 0.4) is 0 Å². The monoisotopic (exact) mass is 374 g/mol. The van der Waals surface area contributed by atoms with Crippen LogP contribution < -0.4 is 15.3 Å². The summed E-state index contributed by atoms with van der Waals surface area (Å²) in [6, 6.07) is 25.5. The van der Waals surface area contributed by atoms with Crippen molar-refractivity contribution in [3.8, 4) is 5.75 Å². The molecule has 0 aromatic heterocycles. The number of aldehydes is 1. The van der Waals surface area contributed by atoms with E-state index in [0.717, 1.165) is 6.29 Å². The zero-order valence-corrected chi connectivity index (χ0v) is 15.6. The Kier molecular flexibility index (Phi) is 5.88. The van der Waals surface area contributed by atoms with Crippen molar-refractivity contribution in [2.45, 2.75) is 0 Å². The molecule has 0 saturated carbocycles. The zero-order chi connectivity index (χ0) is 19.1. The predicted octanol–water partition coefficient (Wildman–Crippen LogP) is 4.56. The third-order valence-corrected chi connectivity index (χ3v) is 7.33. The highest BCUT2D eigenvalue weighted by atomic mass is 31.2. The first-order valence-electron chi connectivity index (χ1n) is 8.48. The van der Waals surface area contributed by atoms with E-state index in [-0.39, 0.29) is 6.61 Å². The summed E-state index contributed by atoms with van der Waals surface area (Å²) < 4.78 is 20.1. The lowest BCUT2D eigenvalue weighted by Gasteiger charge is -2.21. The molecule has 0 unspecified atom stereocenters. The van der Waals surface area contributed by atoms with Crippen molar-refractivity contribution in [2.75, 3.05) is 6.61 Å². The molecule has 0 saturated heterocycles. The van der Waals surface area contributed by atoms with Crippen molar-refractivity contribution in [1.29, 1.82) is 0 Å². The van der Waals surface area contributed by atoms with Gasteiger partial charge in [0.1, 0.15) is 12.4 Å². The van der Waals surface area contributed by atoms with Gasteiger partial charge in [-0.1, -0.05) is 79.4 Å². The third-order valence-electron chi connectivity index (χ3n) is 4.23. The number of rotatable bonds is 7. The van der Waals surface area contributed by atoms with Gasteiger partial charge in [-0.25, -0.2) is 0 Å². The zero-order valence-electron chi connectivity index (χ0n) is 14.7. The van der Waals surface area contributed by atoms with E-state index >= 15 is 0 Å². The fourth-order valence-corrected chi connectivity index (χ4v) is 5.42. The molecule has 0 N–H and O–H groups in total. The quantitative estimate of drug-likeness (QED) is 0.346. The molecular weight excluding hydrogens is 355 g/mol. The summed E-state index contributed by atoms with van der Waals surface area (Å²) in [5.74, 6) is 0.438. The summed E-state index contributed by atoms with van der Waals surface area (Å²) in [5, 5.41) is 1.84. The van der Waals surface area contributed by atoms with Crippen molar-refractivity contribution >= 4 is 24.0 Å². The van der Waals surface area contributed by atoms with Crippen LogP contribution in [0, 0.1) is 0 Å². The molecule has 27 heavy (non-hydrogen) atoms. The van der Waals surface area contributed by atoms with E-state index in [1.54, 1.807) is 24.3 Å². The Labute approximate surface area is 159 Å². The molecule has 0 aliphatic heterocycles. The predicted molar refractivity (Wildman–Crippen MR) is 110 cm³/mol. The first-order chi connectivity index (χ1) is 13.2. The lowest BCUT2D eigenvalue weighted by molar-refractivity contribution is 0.112. The SMILES string of the molecule is C=C=C(COc1ccccc1C=O)P(=O)(c1ccccc1)c1ccccc1. The van der Waals surface area contributed by atoms with E-state index in [9.17, 15) is 9.36 Å². The molecule has 0 aliphatic carbocycles. The van der Waals surface area contributed by atoms with Crippen molar-refractivity contribution < 1.29 is 14.1 Å². The Morgan fingerprint density at radius 2 is 1.41 bits per heavy atom. The Bertz CT molecular complexity index is 976. The van der Waals surface area contributed by atoms with Gasteiger partial charge in [0.15, 0.2) is 13.4 Å². The maximum atomic E-state index is 14.2. The average molecular weight is 374 g/mol. The maximum absolute atomic E-state index is 14.2. The van der Waals surface area contributed by atoms with Gasteiger partial charge in [0.05, 0.1) is 10.9 Å². The molecule has 3 nitrogen and oxygen atoms in total. The first kappa shape index (κ1) is 18.7. The van der Waals surface area contributed by atoms with E-state index in [2.05, 4.69) is 12.3 Å². The van der Waals surface area contributed by atoms with Crippen LogP contribution in [-0.4, -0.2) is 12.9 Å². The topological polar surface area (TPSA) is 43.4 Å². The standard InChI is InChI=1S/C23H19O3P/c1-2-20(18-26-23-16-10-9-11-19(23)17-24)27(25,21-12-5-3-6-13-21)22-14-7-4-8-15-22/h3-17H,1,18H2. The largest absolute Gasteiger partial charge is 0.487 e. The van der Waals surface area contributed by atoms with Gasteiger partial charge in [0, 0.05) is 10.6 Å². The number of hydrogen-bond acceptors (Lipinski definition) is 3. The number of benzene rings is 3. The van der Waals surface area contributed by atoms with Crippen LogP contribution in [-0.2, 0) is 4.57 Å². The van der Waals surface area contributed by atoms with Crippen LogP contribution in [0.25, 0.3) is 0 Å². The number of hydrogen-bond donors (Lipinski definition) is 0. The molecule has 0 radical (unpaired) electrons. The van der Waals surface area contributed by atoms with Crippen LogP contribution >= 0.6 is 7.14 Å². The summed E-state index contributed by atoms with van der Waals surface area (Å²) in [7, 11) is -3.17. The van der Waals surface area contributed by atoms with Crippen LogP contribution in [0.5, 0.6) is 5.75 Å². The van der Waals surface area contributed by atoms with Crippen LogP contribution in [0.15, 0.2) is 103 Å². The summed E-state index contributed by atoms with van der Waals surface area (Å²) in [4.78, 5) is 11.2. The summed E-state index contributed by atoms with van der Waals surface area (Å²) >= 11 is 0. The van der Waals surface area contributed by atoms with Gasteiger partial charge in [0.2, 0.25) is 0 Å². The first-order valence-corrected chi connectivity index (χ1v) is 10.2. The van der Waals surface area contributed by atoms with Crippen molar-refractivity contribution in [3.05, 3.63) is 108 Å². The fraction of sp³-hybridized carbons (Fsp3) is 0.0435. The molecule has 0 heterocycles. The Hall–Kier alpha value is -3.12. The molecule has 0 aliphatic rings. The highest BCUT2D eigenvalue weighted by molar-refractivity contribution is 7.82. The highest BCUT2D eigenvalue weighted by Crippen LogP contribution is 2.51. The third kappa shape index (κ3) is 3.85. The minimum Gasteiger partial charge on any atom is -0.487 e. The van der Waals surface area contributed by atoms with Gasteiger partial charge in [0.25, 0.3) is 0 Å². The van der Waals surface area contributed by atoms with E-state index < -0.39 is 7.14 Å². The lowest BCUT2D eigenvalue weighted by Crippen LogP contribution is -2.20. The molecule has 134 valence electrons. The average Bonchev–Trinajstić information content (AvgIpc) is 2.75. The van der Waals surface area contributed by atoms with E-state index in [1.165, 1.54) is 0 Å². The smallest absolute Gasteiger partial charge is 0.177 e. The summed E-state index contributed by atoms with van der Waals surface area (Å²) in [5.41, 5.74) is 3.28. The molecular formula is C23H19O3P. The van der Waals surface area contributed by atoms with Crippen LogP contribution in [0.2, 0.25) is 0 Å². The fourth-order valence-electron chi connectivity index (χ4n) is 2.85. The summed E-state index contributed by atoms with van der Waals surface area (Å²) in [6.07, 6.45) is 0.737. The number of para-hydroxylation sites is 1. The molecule has 0 amide bonds. The molecule has 3 aromatic carbocycles. The normalized spacial score (nSPS) is 10.7. The molecule has 3 rings (SSSR count). The second-order valence-electron chi connectivity index (χ2n) is 5.85. The van der Waals surface area contributed by atoms with Gasteiger partial charge < -0.3 is 9.30 Å². The number of carbonyl (C=O) groups excluding carboxylic acids is 1. The second-order valence-corrected chi connectivity index (χ2v) is 8.64. The lowest BCUT2D eigenvalue weighted by atomic mass is 10.2. The summed E-state index contributed by atoms with van der Waals surface area (Å²) in [6.45, 7) is 3.77. The van der Waals surface area contributed by atoms with E-state index in [4.69, 9.17) is 4.74 Å². The minimum absolute atomic E-state index is 0.0232. The van der Waals surface area contributed by atoms with Crippen molar-refractivity contribution in [1.82, 2.24) is 0 Å². The molecule has 0 fully saturated rings. The number of ether oxygens (including phenoxy) is 1. The molecule has 3 aromatic rings. The maximum Gasteiger partial charge on any atom is 0.177 e. The van der Waals surface area contributed by atoms with E-state index in [1.807, 2.05) is 60.7 Å². The molecule has 0 spiro atoms. The number of carbonyl (C=O) groups is 1. The van der Waals surface area contributed by atoms with Gasteiger partial charge in [-0.05, 0) is 12.1 Å². The molecule has 4 heteroatoms. The van der Waals surface area contributed by atoms with Crippen molar-refractivity contribution in [2.24, 2.45) is 0 Å².